The Morgan fingerprint density at radius 1 is 1.08 bits per heavy atom. The van der Waals surface area contributed by atoms with Crippen LogP contribution in [0.2, 0.25) is 0 Å². The molecule has 0 spiro atoms. The van der Waals surface area contributed by atoms with Crippen LogP contribution < -0.4 is 24.8 Å². The van der Waals surface area contributed by atoms with Crippen LogP contribution in [0, 0.1) is 0 Å². The van der Waals surface area contributed by atoms with E-state index in [1.807, 2.05) is 19.1 Å². The summed E-state index contributed by atoms with van der Waals surface area (Å²) >= 11 is 0. The highest BCUT2D eigenvalue weighted by Gasteiger charge is 2.14. The number of carbonyl (C=O) groups is 1. The lowest BCUT2D eigenvalue weighted by Gasteiger charge is -2.17. The van der Waals surface area contributed by atoms with Crippen LogP contribution >= 0.6 is 0 Å². The first-order valence-electron chi connectivity index (χ1n) is 7.37. The van der Waals surface area contributed by atoms with Crippen molar-refractivity contribution in [2.75, 3.05) is 26.6 Å². The van der Waals surface area contributed by atoms with Gasteiger partial charge < -0.3 is 24.8 Å². The predicted octanol–water partition coefficient (Wildman–Crippen LogP) is 2.99. The third-order valence-corrected chi connectivity index (χ3v) is 3.47. The first-order chi connectivity index (χ1) is 11.6. The zero-order valence-corrected chi connectivity index (χ0v) is 14.1. The Labute approximate surface area is 140 Å². The first kappa shape index (κ1) is 17.4. The number of anilines is 1. The molecule has 0 fully saturated rings. The molecule has 1 atom stereocenters. The van der Waals surface area contributed by atoms with Crippen LogP contribution in [-0.2, 0) is 0 Å². The minimum Gasteiger partial charge on any atom is -0.493 e. The summed E-state index contributed by atoms with van der Waals surface area (Å²) in [5.74, 6) is 1.60. The smallest absolute Gasteiger partial charge is 0.319 e. The number of nitrogens with one attached hydrogen (secondary N) is 2. The molecule has 0 radical (unpaired) electrons. The quantitative estimate of drug-likeness (QED) is 0.850. The van der Waals surface area contributed by atoms with E-state index in [2.05, 4.69) is 15.6 Å². The maximum Gasteiger partial charge on any atom is 0.319 e. The molecule has 1 aromatic heterocycles. The summed E-state index contributed by atoms with van der Waals surface area (Å²) in [6.45, 7) is 1.88. The molecular weight excluding hydrogens is 310 g/mol. The molecule has 0 saturated carbocycles. The summed E-state index contributed by atoms with van der Waals surface area (Å²) in [6, 6.07) is 8.35. The fraction of sp³-hybridized carbons (Fsp3) is 0.294. The molecular formula is C17H21N3O4. The van der Waals surface area contributed by atoms with Crippen molar-refractivity contribution in [2.45, 2.75) is 13.0 Å². The highest BCUT2D eigenvalue weighted by Crippen LogP contribution is 2.30. The van der Waals surface area contributed by atoms with Crippen LogP contribution in [0.4, 0.5) is 10.5 Å². The van der Waals surface area contributed by atoms with Gasteiger partial charge in [0.05, 0.1) is 27.4 Å². The second-order valence-corrected chi connectivity index (χ2v) is 4.99. The third-order valence-electron chi connectivity index (χ3n) is 3.47. The molecule has 2 N–H and O–H groups in total. The standard InChI is InChI=1S/C17H21N3O4/c1-11(12-7-8-14(22-2)15(10-12)23-3)19-17(21)20-13-6-5-9-18-16(13)24-4/h5-11H,1-4H3,(H2,19,20,21)/t11-/m1/s1. The lowest BCUT2D eigenvalue weighted by atomic mass is 10.1. The molecule has 0 aliphatic carbocycles. The highest BCUT2D eigenvalue weighted by atomic mass is 16.5. The van der Waals surface area contributed by atoms with Gasteiger partial charge in [-0.15, -0.1) is 0 Å². The Bertz CT molecular complexity index is 706. The Kier molecular flexibility index (Phi) is 5.83. The number of nitrogens with zero attached hydrogens (tertiary/aromatic N) is 1. The molecule has 0 aliphatic rings. The number of aromatic nitrogens is 1. The number of amides is 2. The molecule has 0 unspecified atom stereocenters. The molecule has 128 valence electrons. The van der Waals surface area contributed by atoms with Crippen molar-refractivity contribution in [2.24, 2.45) is 0 Å². The van der Waals surface area contributed by atoms with Crippen molar-refractivity contribution in [3.63, 3.8) is 0 Å². The van der Waals surface area contributed by atoms with E-state index >= 15 is 0 Å². The van der Waals surface area contributed by atoms with E-state index in [0.717, 1.165) is 5.56 Å². The fourth-order valence-corrected chi connectivity index (χ4v) is 2.21. The average Bonchev–Trinajstić information content (AvgIpc) is 2.61. The van der Waals surface area contributed by atoms with E-state index < -0.39 is 0 Å². The number of ether oxygens (including phenoxy) is 3. The van der Waals surface area contributed by atoms with Crippen molar-refractivity contribution in [1.29, 1.82) is 0 Å². The lowest BCUT2D eigenvalue weighted by Crippen LogP contribution is -2.31. The van der Waals surface area contributed by atoms with Crippen LogP contribution in [-0.4, -0.2) is 32.3 Å². The monoisotopic (exact) mass is 331 g/mol. The number of hydrogen-bond acceptors (Lipinski definition) is 5. The number of carbonyl (C=O) groups excluding carboxylic acids is 1. The second-order valence-electron chi connectivity index (χ2n) is 4.99. The predicted molar refractivity (Wildman–Crippen MR) is 90.9 cm³/mol. The first-order valence-corrected chi connectivity index (χ1v) is 7.37. The summed E-state index contributed by atoms with van der Waals surface area (Å²) in [5, 5.41) is 5.57. The SMILES string of the molecule is COc1ccc([C@@H](C)NC(=O)Nc2cccnc2OC)cc1OC. The molecule has 2 amide bonds. The van der Waals surface area contributed by atoms with E-state index in [-0.39, 0.29) is 12.1 Å². The molecule has 7 heteroatoms. The van der Waals surface area contributed by atoms with Crippen molar-refractivity contribution >= 4 is 11.7 Å². The molecule has 1 aromatic carbocycles. The van der Waals surface area contributed by atoms with E-state index in [1.54, 1.807) is 38.6 Å². The van der Waals surface area contributed by atoms with Gasteiger partial charge in [0.2, 0.25) is 5.88 Å². The van der Waals surface area contributed by atoms with Gasteiger partial charge in [-0.2, -0.15) is 0 Å². The van der Waals surface area contributed by atoms with E-state index in [1.165, 1.54) is 7.11 Å². The number of methoxy groups -OCH3 is 3. The number of benzene rings is 1. The molecule has 1 heterocycles. The normalized spacial score (nSPS) is 11.3. The van der Waals surface area contributed by atoms with Crippen LogP contribution in [0.3, 0.4) is 0 Å². The summed E-state index contributed by atoms with van der Waals surface area (Å²) in [4.78, 5) is 16.2. The number of hydrogen-bond donors (Lipinski definition) is 2. The van der Waals surface area contributed by atoms with Gasteiger partial charge in [-0.05, 0) is 36.8 Å². The van der Waals surface area contributed by atoms with E-state index in [0.29, 0.717) is 23.1 Å². The summed E-state index contributed by atoms with van der Waals surface area (Å²) in [7, 11) is 4.65. The minimum atomic E-state index is -0.358. The highest BCUT2D eigenvalue weighted by molar-refractivity contribution is 5.90. The van der Waals surface area contributed by atoms with Crippen LogP contribution in [0.25, 0.3) is 0 Å². The van der Waals surface area contributed by atoms with Crippen molar-refractivity contribution in [3.05, 3.63) is 42.1 Å². The van der Waals surface area contributed by atoms with Gasteiger partial charge in [-0.3, -0.25) is 0 Å². The number of urea groups is 1. The van der Waals surface area contributed by atoms with Crippen molar-refractivity contribution < 1.29 is 19.0 Å². The minimum absolute atomic E-state index is 0.229. The van der Waals surface area contributed by atoms with Gasteiger partial charge >= 0.3 is 6.03 Å². The molecule has 0 aliphatic heterocycles. The van der Waals surface area contributed by atoms with Gasteiger partial charge in [0.1, 0.15) is 5.69 Å². The van der Waals surface area contributed by atoms with Crippen molar-refractivity contribution in [3.8, 4) is 17.4 Å². The maximum absolute atomic E-state index is 12.2. The molecule has 0 bridgehead atoms. The largest absolute Gasteiger partial charge is 0.493 e. The molecule has 0 saturated heterocycles. The third kappa shape index (κ3) is 4.07. The molecule has 7 nitrogen and oxygen atoms in total. The Morgan fingerprint density at radius 2 is 1.83 bits per heavy atom. The second kappa shape index (κ2) is 8.05. The van der Waals surface area contributed by atoms with Gasteiger partial charge in [-0.25, -0.2) is 9.78 Å². The fourth-order valence-electron chi connectivity index (χ4n) is 2.21. The van der Waals surface area contributed by atoms with Gasteiger partial charge in [0, 0.05) is 6.20 Å². The number of pyridine rings is 1. The Hall–Kier alpha value is -2.96. The van der Waals surface area contributed by atoms with Gasteiger partial charge in [0.25, 0.3) is 0 Å². The van der Waals surface area contributed by atoms with E-state index in [9.17, 15) is 4.79 Å². The van der Waals surface area contributed by atoms with Gasteiger partial charge in [0.15, 0.2) is 11.5 Å². The summed E-state index contributed by atoms with van der Waals surface area (Å²) in [6.07, 6.45) is 1.59. The zero-order valence-electron chi connectivity index (χ0n) is 14.1. The average molecular weight is 331 g/mol. The van der Waals surface area contributed by atoms with Gasteiger partial charge in [-0.1, -0.05) is 6.07 Å². The molecule has 2 rings (SSSR count). The summed E-state index contributed by atoms with van der Waals surface area (Å²) < 4.78 is 15.6. The Balaban J connectivity index is 2.06. The Morgan fingerprint density at radius 3 is 2.50 bits per heavy atom. The van der Waals surface area contributed by atoms with Crippen LogP contribution in [0.15, 0.2) is 36.5 Å². The maximum atomic E-state index is 12.2. The van der Waals surface area contributed by atoms with E-state index in [4.69, 9.17) is 14.2 Å². The number of rotatable bonds is 6. The molecule has 24 heavy (non-hydrogen) atoms. The van der Waals surface area contributed by atoms with Crippen LogP contribution in [0.5, 0.6) is 17.4 Å². The zero-order chi connectivity index (χ0) is 17.5. The lowest BCUT2D eigenvalue weighted by molar-refractivity contribution is 0.249. The summed E-state index contributed by atoms with van der Waals surface area (Å²) in [5.41, 5.74) is 1.39. The van der Waals surface area contributed by atoms with Crippen LogP contribution in [0.1, 0.15) is 18.5 Å². The molecule has 2 aromatic rings. The van der Waals surface area contributed by atoms with Crippen molar-refractivity contribution in [1.82, 2.24) is 10.3 Å². The topological polar surface area (TPSA) is 81.7 Å².